The maximum atomic E-state index is 2.46. The summed E-state index contributed by atoms with van der Waals surface area (Å²) in [6.45, 7) is 0. The first-order chi connectivity index (χ1) is 27.8. The summed E-state index contributed by atoms with van der Waals surface area (Å²) in [7, 11) is 0. The second kappa shape index (κ2) is 14.4. The molecule has 56 heavy (non-hydrogen) atoms. The Balaban J connectivity index is 1.23. The first-order valence-corrected chi connectivity index (χ1v) is 19.2. The fourth-order valence-electron chi connectivity index (χ4n) is 8.23. The monoisotopic (exact) mass is 714 g/mol. The molecule has 0 saturated heterocycles. The Kier molecular flexibility index (Phi) is 8.55. The van der Waals surface area contributed by atoms with Gasteiger partial charge in [-0.2, -0.15) is 0 Å². The number of aromatic nitrogens is 1. The van der Waals surface area contributed by atoms with Crippen molar-refractivity contribution in [3.05, 3.63) is 231 Å². The summed E-state index contributed by atoms with van der Waals surface area (Å²) in [5.74, 6) is 0. The van der Waals surface area contributed by atoms with Crippen molar-refractivity contribution in [3.8, 4) is 50.2 Å². The molecule has 2 nitrogen and oxygen atoms in total. The molecule has 0 N–H and O–H groups in total. The summed E-state index contributed by atoms with van der Waals surface area (Å²) in [5.41, 5.74) is 16.2. The van der Waals surface area contributed by atoms with Gasteiger partial charge in [-0.05, 0) is 75.8 Å². The van der Waals surface area contributed by atoms with Crippen LogP contribution in [0.25, 0.3) is 72.0 Å². The third kappa shape index (κ3) is 5.95. The zero-order valence-corrected chi connectivity index (χ0v) is 30.8. The molecule has 0 fully saturated rings. The van der Waals surface area contributed by atoms with E-state index in [9.17, 15) is 0 Å². The second-order valence-corrected chi connectivity index (χ2v) is 14.1. The fraction of sp³-hybridized carbons (Fsp3) is 0. The average molecular weight is 715 g/mol. The maximum Gasteiger partial charge on any atom is 0.0561 e. The van der Waals surface area contributed by atoms with Crippen molar-refractivity contribution in [2.75, 3.05) is 4.90 Å². The summed E-state index contributed by atoms with van der Waals surface area (Å²) < 4.78 is 2.40. The van der Waals surface area contributed by atoms with Gasteiger partial charge in [0.05, 0.1) is 22.4 Å². The van der Waals surface area contributed by atoms with Gasteiger partial charge in [-0.25, -0.2) is 0 Å². The molecule has 0 radical (unpaired) electrons. The van der Waals surface area contributed by atoms with E-state index < -0.39 is 0 Å². The molecule has 264 valence electrons. The van der Waals surface area contributed by atoms with Crippen molar-refractivity contribution in [3.63, 3.8) is 0 Å². The summed E-state index contributed by atoms with van der Waals surface area (Å²) >= 11 is 0. The van der Waals surface area contributed by atoms with Gasteiger partial charge in [0, 0.05) is 33.3 Å². The van der Waals surface area contributed by atoms with Crippen LogP contribution in [0.3, 0.4) is 0 Å². The minimum Gasteiger partial charge on any atom is -0.309 e. The van der Waals surface area contributed by atoms with Crippen LogP contribution in [0.1, 0.15) is 0 Å². The van der Waals surface area contributed by atoms with Gasteiger partial charge < -0.3 is 9.47 Å². The number of para-hydroxylation sites is 4. The molecule has 0 aliphatic rings. The van der Waals surface area contributed by atoms with Crippen molar-refractivity contribution < 1.29 is 0 Å². The first-order valence-electron chi connectivity index (χ1n) is 19.2. The topological polar surface area (TPSA) is 8.17 Å². The van der Waals surface area contributed by atoms with E-state index in [4.69, 9.17) is 0 Å². The van der Waals surface area contributed by atoms with Crippen molar-refractivity contribution in [2.24, 2.45) is 0 Å². The van der Waals surface area contributed by atoms with Gasteiger partial charge in [-0.3, -0.25) is 0 Å². The number of rotatable bonds is 8. The van der Waals surface area contributed by atoms with Gasteiger partial charge in [0.1, 0.15) is 0 Å². The number of anilines is 3. The number of nitrogens with zero attached hydrogens (tertiary/aromatic N) is 2. The summed E-state index contributed by atoms with van der Waals surface area (Å²) in [6.07, 6.45) is 0. The largest absolute Gasteiger partial charge is 0.309 e. The van der Waals surface area contributed by atoms with E-state index in [1.165, 1.54) is 44.1 Å². The molecule has 0 amide bonds. The molecular weight excluding hydrogens is 677 g/mol. The molecule has 1 heterocycles. The van der Waals surface area contributed by atoms with Crippen LogP contribution in [0.15, 0.2) is 231 Å². The summed E-state index contributed by atoms with van der Waals surface area (Å²) in [4.78, 5) is 2.46. The Morgan fingerprint density at radius 2 is 0.750 bits per heavy atom. The minimum atomic E-state index is 1.08. The number of benzene rings is 9. The van der Waals surface area contributed by atoms with Crippen molar-refractivity contribution in [1.82, 2.24) is 4.57 Å². The Hall–Kier alpha value is -7.42. The van der Waals surface area contributed by atoms with Gasteiger partial charge >= 0.3 is 0 Å². The molecule has 0 aliphatic carbocycles. The van der Waals surface area contributed by atoms with Crippen molar-refractivity contribution >= 4 is 38.9 Å². The predicted molar refractivity (Wildman–Crippen MR) is 237 cm³/mol. The van der Waals surface area contributed by atoms with E-state index in [0.717, 1.165) is 45.0 Å². The first kappa shape index (κ1) is 33.2. The Morgan fingerprint density at radius 1 is 0.286 bits per heavy atom. The normalized spacial score (nSPS) is 11.2. The van der Waals surface area contributed by atoms with Crippen LogP contribution in [0.5, 0.6) is 0 Å². The van der Waals surface area contributed by atoms with Crippen LogP contribution in [0.2, 0.25) is 0 Å². The van der Waals surface area contributed by atoms with E-state index in [1.54, 1.807) is 0 Å². The maximum absolute atomic E-state index is 2.46. The van der Waals surface area contributed by atoms with Crippen molar-refractivity contribution in [1.29, 1.82) is 0 Å². The van der Waals surface area contributed by atoms with Gasteiger partial charge in [0.2, 0.25) is 0 Å². The number of hydrogen-bond acceptors (Lipinski definition) is 1. The van der Waals surface area contributed by atoms with Crippen LogP contribution in [0.4, 0.5) is 17.1 Å². The molecule has 9 aromatic carbocycles. The average Bonchev–Trinajstić information content (AvgIpc) is 3.61. The van der Waals surface area contributed by atoms with E-state index in [0.29, 0.717) is 0 Å². The van der Waals surface area contributed by atoms with E-state index in [2.05, 4.69) is 240 Å². The van der Waals surface area contributed by atoms with E-state index in [1.807, 2.05) is 0 Å². The molecule has 10 aromatic rings. The molecule has 0 unspecified atom stereocenters. The Morgan fingerprint density at radius 3 is 1.46 bits per heavy atom. The molecule has 2 heteroatoms. The van der Waals surface area contributed by atoms with E-state index >= 15 is 0 Å². The third-order valence-corrected chi connectivity index (χ3v) is 10.8. The quantitative estimate of drug-likeness (QED) is 0.152. The molecular formula is C54H38N2. The third-order valence-electron chi connectivity index (χ3n) is 10.8. The molecule has 0 saturated carbocycles. The Bertz CT molecular complexity index is 2940. The molecule has 1 aromatic heterocycles. The van der Waals surface area contributed by atoms with Crippen LogP contribution < -0.4 is 4.90 Å². The molecule has 0 bridgehead atoms. The highest BCUT2D eigenvalue weighted by Crippen LogP contribution is 2.47. The lowest BCUT2D eigenvalue weighted by Gasteiger charge is -2.30. The SMILES string of the molecule is c1ccc(-c2ccc(-c3ccccc3N(c3ccc4c5ccccc5n(-c5ccccc5)c4c3)c3ccccc3-c3ccccc3-c3ccccc3)cc2)cc1. The zero-order valence-electron chi connectivity index (χ0n) is 30.8. The lowest BCUT2D eigenvalue weighted by Crippen LogP contribution is -2.12. The van der Waals surface area contributed by atoms with Gasteiger partial charge in [-0.15, -0.1) is 0 Å². The minimum absolute atomic E-state index is 1.08. The Labute approximate surface area is 327 Å². The van der Waals surface area contributed by atoms with Crippen LogP contribution in [0, 0.1) is 0 Å². The zero-order chi connectivity index (χ0) is 37.3. The highest BCUT2D eigenvalue weighted by molar-refractivity contribution is 6.11. The number of fused-ring (bicyclic) bond motifs is 3. The summed E-state index contributed by atoms with van der Waals surface area (Å²) in [5, 5.41) is 2.46. The van der Waals surface area contributed by atoms with Crippen molar-refractivity contribution in [2.45, 2.75) is 0 Å². The standard InChI is InChI=1S/C54H38N2/c1-4-18-39(19-5-1)40-32-34-42(35-33-40)46-25-12-15-29-51(46)56(52-30-16-13-27-48(52)47-26-11-10-24-45(47)41-20-6-2-7-21-41)44-36-37-50-49-28-14-17-31-53(49)55(54(50)38-44)43-22-8-3-9-23-43/h1-38H. The van der Waals surface area contributed by atoms with E-state index in [-0.39, 0.29) is 0 Å². The second-order valence-electron chi connectivity index (χ2n) is 14.1. The summed E-state index contributed by atoms with van der Waals surface area (Å²) in [6, 6.07) is 83.1. The van der Waals surface area contributed by atoms with Gasteiger partial charge in [0.15, 0.2) is 0 Å². The predicted octanol–water partition coefficient (Wildman–Crippen LogP) is 14.9. The lowest BCUT2D eigenvalue weighted by atomic mass is 9.92. The van der Waals surface area contributed by atoms with Crippen LogP contribution in [-0.4, -0.2) is 4.57 Å². The molecule has 10 rings (SSSR count). The molecule has 0 spiro atoms. The van der Waals surface area contributed by atoms with Gasteiger partial charge in [0.25, 0.3) is 0 Å². The van der Waals surface area contributed by atoms with Gasteiger partial charge in [-0.1, -0.05) is 188 Å². The highest BCUT2D eigenvalue weighted by Gasteiger charge is 2.23. The smallest absolute Gasteiger partial charge is 0.0561 e. The van der Waals surface area contributed by atoms with Crippen LogP contribution in [-0.2, 0) is 0 Å². The fourth-order valence-corrected chi connectivity index (χ4v) is 8.23. The number of hydrogen-bond donors (Lipinski definition) is 0. The molecule has 0 aliphatic heterocycles. The lowest BCUT2D eigenvalue weighted by molar-refractivity contribution is 1.18. The van der Waals surface area contributed by atoms with Crippen LogP contribution >= 0.6 is 0 Å². The molecule has 0 atom stereocenters. The highest BCUT2D eigenvalue weighted by atomic mass is 15.1.